The van der Waals surface area contributed by atoms with Crippen molar-refractivity contribution >= 4 is 38.0 Å². The monoisotopic (exact) mass is 500 g/mol. The maximum Gasteiger partial charge on any atom is 0.573 e. The SMILES string of the molecule is NC(=O)c1ccccc1-c1cc(S(=O)(=O)c2ccccc2OC(F)(F)F)sc1NC(=O)CO. The van der Waals surface area contributed by atoms with E-state index >= 15 is 0 Å². The van der Waals surface area contributed by atoms with E-state index in [4.69, 9.17) is 10.8 Å². The minimum absolute atomic E-state index is 0.0135. The van der Waals surface area contributed by atoms with Gasteiger partial charge in [0.2, 0.25) is 15.7 Å². The number of para-hydroxylation sites is 1. The number of nitrogens with one attached hydrogen (secondary N) is 1. The highest BCUT2D eigenvalue weighted by Crippen LogP contribution is 2.43. The molecule has 1 heterocycles. The molecule has 0 aliphatic rings. The first-order chi connectivity index (χ1) is 15.4. The topological polar surface area (TPSA) is 136 Å². The zero-order chi connectivity index (χ0) is 24.4. The Morgan fingerprint density at radius 1 is 1.06 bits per heavy atom. The van der Waals surface area contributed by atoms with Crippen LogP contribution < -0.4 is 15.8 Å². The second-order valence-corrected chi connectivity index (χ2v) is 9.62. The Bertz CT molecular complexity index is 1320. The lowest BCUT2D eigenvalue weighted by atomic mass is 10.0. The number of nitrogens with two attached hydrogens (primary N) is 1. The van der Waals surface area contributed by atoms with Crippen molar-refractivity contribution in [2.24, 2.45) is 5.73 Å². The Labute approximate surface area is 189 Å². The molecule has 0 aliphatic carbocycles. The van der Waals surface area contributed by atoms with Gasteiger partial charge < -0.3 is 20.9 Å². The number of thiophene rings is 1. The molecule has 0 fully saturated rings. The lowest BCUT2D eigenvalue weighted by Gasteiger charge is -2.12. The molecule has 8 nitrogen and oxygen atoms in total. The summed E-state index contributed by atoms with van der Waals surface area (Å²) in [5, 5.41) is 11.3. The van der Waals surface area contributed by atoms with Crippen LogP contribution in [0.2, 0.25) is 0 Å². The fourth-order valence-corrected chi connectivity index (χ4v) is 5.78. The number of benzene rings is 2. The molecule has 0 radical (unpaired) electrons. The number of hydrogen-bond acceptors (Lipinski definition) is 7. The zero-order valence-corrected chi connectivity index (χ0v) is 18.1. The normalized spacial score (nSPS) is 11.8. The van der Waals surface area contributed by atoms with Crippen molar-refractivity contribution < 1.29 is 41.0 Å². The number of aliphatic hydroxyl groups excluding tert-OH is 1. The summed E-state index contributed by atoms with van der Waals surface area (Å²) in [7, 11) is -4.56. The average molecular weight is 500 g/mol. The van der Waals surface area contributed by atoms with E-state index in [2.05, 4.69) is 10.1 Å². The van der Waals surface area contributed by atoms with E-state index in [9.17, 15) is 31.2 Å². The molecule has 4 N–H and O–H groups in total. The summed E-state index contributed by atoms with van der Waals surface area (Å²) < 4.78 is 68.2. The molecule has 0 saturated carbocycles. The maximum absolute atomic E-state index is 13.2. The summed E-state index contributed by atoms with van der Waals surface area (Å²) in [6, 6.07) is 11.2. The minimum atomic E-state index is -5.13. The molecule has 2 amide bonds. The van der Waals surface area contributed by atoms with Crippen LogP contribution in [0.1, 0.15) is 10.4 Å². The molecule has 2 aromatic carbocycles. The number of anilines is 1. The highest BCUT2D eigenvalue weighted by atomic mass is 32.2. The molecule has 13 heteroatoms. The Kier molecular flexibility index (Phi) is 6.76. The molecule has 0 unspecified atom stereocenters. The van der Waals surface area contributed by atoms with Crippen molar-refractivity contribution in [2.75, 3.05) is 11.9 Å². The third-order valence-corrected chi connectivity index (χ3v) is 7.54. The van der Waals surface area contributed by atoms with E-state index in [1.807, 2.05) is 0 Å². The van der Waals surface area contributed by atoms with Crippen LogP contribution in [-0.2, 0) is 14.6 Å². The molecular formula is C20H15F3N2O6S2. The highest BCUT2D eigenvalue weighted by Gasteiger charge is 2.35. The number of ether oxygens (including phenoxy) is 1. The number of carbonyl (C=O) groups is 2. The lowest BCUT2D eigenvalue weighted by Crippen LogP contribution is -2.18. The van der Waals surface area contributed by atoms with Crippen molar-refractivity contribution in [1.82, 2.24) is 0 Å². The molecule has 0 atom stereocenters. The van der Waals surface area contributed by atoms with Gasteiger partial charge in [-0.3, -0.25) is 9.59 Å². The number of halogens is 3. The third kappa shape index (κ3) is 5.32. The van der Waals surface area contributed by atoms with Gasteiger partial charge in [0.1, 0.15) is 26.5 Å². The second kappa shape index (κ2) is 9.21. The van der Waals surface area contributed by atoms with Crippen LogP contribution in [0.15, 0.2) is 63.7 Å². The van der Waals surface area contributed by atoms with Gasteiger partial charge in [-0.25, -0.2) is 8.42 Å². The van der Waals surface area contributed by atoms with Gasteiger partial charge in [0.25, 0.3) is 5.91 Å². The highest BCUT2D eigenvalue weighted by molar-refractivity contribution is 7.93. The summed E-state index contributed by atoms with van der Waals surface area (Å²) in [4.78, 5) is 22.9. The van der Waals surface area contributed by atoms with Gasteiger partial charge in [0.15, 0.2) is 0 Å². The van der Waals surface area contributed by atoms with Gasteiger partial charge in [-0.15, -0.1) is 24.5 Å². The van der Waals surface area contributed by atoms with Crippen LogP contribution in [0.5, 0.6) is 5.75 Å². The Balaban J connectivity index is 2.21. The number of sulfone groups is 1. The largest absolute Gasteiger partial charge is 0.573 e. The summed E-state index contributed by atoms with van der Waals surface area (Å²) in [6.45, 7) is -0.918. The van der Waals surface area contributed by atoms with Gasteiger partial charge in [-0.2, -0.15) is 0 Å². The van der Waals surface area contributed by atoms with Gasteiger partial charge in [-0.05, 0) is 29.8 Å². The van der Waals surface area contributed by atoms with Crippen LogP contribution in [-0.4, -0.2) is 38.3 Å². The van der Waals surface area contributed by atoms with E-state index in [1.54, 1.807) is 0 Å². The Hall–Kier alpha value is -3.42. The van der Waals surface area contributed by atoms with Crippen molar-refractivity contribution in [3.8, 4) is 16.9 Å². The second-order valence-electron chi connectivity index (χ2n) is 6.42. The average Bonchev–Trinajstić information content (AvgIpc) is 3.17. The van der Waals surface area contributed by atoms with E-state index < -0.39 is 49.5 Å². The van der Waals surface area contributed by atoms with E-state index in [0.717, 1.165) is 18.2 Å². The van der Waals surface area contributed by atoms with E-state index in [-0.39, 0.29) is 21.7 Å². The molecule has 0 saturated heterocycles. The van der Waals surface area contributed by atoms with Crippen LogP contribution in [0.3, 0.4) is 0 Å². The van der Waals surface area contributed by atoms with Crippen LogP contribution in [0.4, 0.5) is 18.2 Å². The number of carbonyl (C=O) groups excluding carboxylic acids is 2. The third-order valence-electron chi connectivity index (χ3n) is 4.22. The molecule has 3 rings (SSSR count). The fraction of sp³-hybridized carbons (Fsp3) is 0.100. The predicted molar refractivity (Wildman–Crippen MR) is 113 cm³/mol. The quantitative estimate of drug-likeness (QED) is 0.456. The Morgan fingerprint density at radius 2 is 1.70 bits per heavy atom. The smallest absolute Gasteiger partial charge is 0.404 e. The predicted octanol–water partition coefficient (Wildman–Crippen LogP) is 3.18. The number of primary amides is 1. The first-order valence-corrected chi connectivity index (χ1v) is 11.3. The number of aliphatic hydroxyl groups is 1. The first kappa shape index (κ1) is 24.2. The van der Waals surface area contributed by atoms with Crippen molar-refractivity contribution in [3.05, 3.63) is 60.2 Å². The number of hydrogen-bond donors (Lipinski definition) is 3. The number of alkyl halides is 3. The van der Waals surface area contributed by atoms with Crippen molar-refractivity contribution in [3.63, 3.8) is 0 Å². The standard InChI is InChI=1S/C20H15F3N2O6S2/c21-20(22,23)31-14-7-3-4-8-15(14)33(29,30)17-9-13(19(32-17)25-16(27)10-26)11-5-1-2-6-12(11)18(24)28/h1-9,26H,10H2,(H2,24,28)(H,25,27). The number of rotatable bonds is 7. The zero-order valence-electron chi connectivity index (χ0n) is 16.4. The summed E-state index contributed by atoms with van der Waals surface area (Å²) in [5.41, 5.74) is 5.65. The molecule has 0 bridgehead atoms. The van der Waals surface area contributed by atoms with Gasteiger partial charge in [0, 0.05) is 11.1 Å². The van der Waals surface area contributed by atoms with Gasteiger partial charge in [0.05, 0.1) is 0 Å². The molecule has 33 heavy (non-hydrogen) atoms. The molecule has 0 spiro atoms. The molecule has 1 aromatic heterocycles. The molecule has 174 valence electrons. The van der Waals surface area contributed by atoms with Crippen LogP contribution in [0.25, 0.3) is 11.1 Å². The van der Waals surface area contributed by atoms with E-state index in [0.29, 0.717) is 11.3 Å². The van der Waals surface area contributed by atoms with E-state index in [1.165, 1.54) is 36.4 Å². The molecule has 0 aliphatic heterocycles. The fourth-order valence-electron chi connectivity index (χ4n) is 2.88. The van der Waals surface area contributed by atoms with Crippen molar-refractivity contribution in [1.29, 1.82) is 0 Å². The van der Waals surface area contributed by atoms with Crippen LogP contribution in [0, 0.1) is 0 Å². The lowest BCUT2D eigenvalue weighted by molar-refractivity contribution is -0.275. The molecule has 3 aromatic rings. The Morgan fingerprint density at radius 3 is 2.33 bits per heavy atom. The summed E-state index contributed by atoms with van der Waals surface area (Å²) in [6.07, 6.45) is -5.13. The molecular weight excluding hydrogens is 485 g/mol. The van der Waals surface area contributed by atoms with Crippen molar-refractivity contribution in [2.45, 2.75) is 15.5 Å². The van der Waals surface area contributed by atoms with Gasteiger partial charge >= 0.3 is 6.36 Å². The summed E-state index contributed by atoms with van der Waals surface area (Å²) in [5.74, 6) is -2.64. The number of amides is 2. The van der Waals surface area contributed by atoms with Gasteiger partial charge in [-0.1, -0.05) is 30.3 Å². The summed E-state index contributed by atoms with van der Waals surface area (Å²) >= 11 is 0.527. The minimum Gasteiger partial charge on any atom is -0.404 e. The first-order valence-electron chi connectivity index (χ1n) is 8.97. The van der Waals surface area contributed by atoms with Crippen LogP contribution >= 0.6 is 11.3 Å². The maximum atomic E-state index is 13.2.